The van der Waals surface area contributed by atoms with Gasteiger partial charge in [0, 0.05) is 18.9 Å². The predicted molar refractivity (Wildman–Crippen MR) is 67.6 cm³/mol. The number of hydrogen-bond acceptors (Lipinski definition) is 2. The van der Waals surface area contributed by atoms with Crippen molar-refractivity contribution in [2.75, 3.05) is 6.54 Å². The largest absolute Gasteiger partial charge is 0.416 e. The standard InChI is InChI=1S/C14H18F3NO/c1-2-4-11(9-18)13(19)8-10-5-3-6-12(7-10)14(15,16)17/h3,5-7,11H,2,4,8-9,18H2,1H3. The molecule has 0 radical (unpaired) electrons. The molecule has 0 aromatic heterocycles. The van der Waals surface area contributed by atoms with Crippen molar-refractivity contribution in [2.24, 2.45) is 11.7 Å². The molecule has 0 saturated heterocycles. The van der Waals surface area contributed by atoms with Gasteiger partial charge in [-0.25, -0.2) is 0 Å². The molecule has 5 heteroatoms. The van der Waals surface area contributed by atoms with E-state index in [1.165, 1.54) is 12.1 Å². The van der Waals surface area contributed by atoms with Gasteiger partial charge < -0.3 is 5.73 Å². The molecule has 0 aliphatic carbocycles. The first kappa shape index (κ1) is 15.7. The average molecular weight is 273 g/mol. The van der Waals surface area contributed by atoms with E-state index in [0.29, 0.717) is 12.0 Å². The van der Waals surface area contributed by atoms with Gasteiger partial charge in [-0.15, -0.1) is 0 Å². The Labute approximate surface area is 110 Å². The fourth-order valence-corrected chi connectivity index (χ4v) is 1.96. The molecule has 0 bridgehead atoms. The maximum absolute atomic E-state index is 12.5. The van der Waals surface area contributed by atoms with Crippen LogP contribution >= 0.6 is 0 Å². The van der Waals surface area contributed by atoms with Crippen LogP contribution in [0, 0.1) is 5.92 Å². The molecule has 19 heavy (non-hydrogen) atoms. The number of benzene rings is 1. The molecular weight excluding hydrogens is 255 g/mol. The number of rotatable bonds is 6. The molecule has 106 valence electrons. The second-order valence-electron chi connectivity index (χ2n) is 4.56. The minimum atomic E-state index is -4.38. The molecule has 0 amide bonds. The van der Waals surface area contributed by atoms with Crippen molar-refractivity contribution in [3.05, 3.63) is 35.4 Å². The van der Waals surface area contributed by atoms with Gasteiger partial charge in [0.1, 0.15) is 5.78 Å². The molecule has 0 spiro atoms. The summed E-state index contributed by atoms with van der Waals surface area (Å²) in [4.78, 5) is 11.9. The number of carbonyl (C=O) groups is 1. The van der Waals surface area contributed by atoms with Crippen LogP contribution in [-0.2, 0) is 17.4 Å². The molecule has 1 unspecified atom stereocenters. The van der Waals surface area contributed by atoms with E-state index in [0.717, 1.165) is 18.6 Å². The summed E-state index contributed by atoms with van der Waals surface area (Å²) in [5.74, 6) is -0.358. The Morgan fingerprint density at radius 1 is 1.37 bits per heavy atom. The zero-order valence-electron chi connectivity index (χ0n) is 10.8. The molecule has 0 saturated carbocycles. The zero-order valence-corrected chi connectivity index (χ0v) is 10.8. The SMILES string of the molecule is CCCC(CN)C(=O)Cc1cccc(C(F)(F)F)c1. The summed E-state index contributed by atoms with van der Waals surface area (Å²) in [6.45, 7) is 2.19. The molecule has 1 aromatic rings. The van der Waals surface area contributed by atoms with Gasteiger partial charge in [-0.3, -0.25) is 4.79 Å². The molecule has 0 fully saturated rings. The van der Waals surface area contributed by atoms with E-state index in [1.807, 2.05) is 6.92 Å². The Kier molecular flexibility index (Phi) is 5.54. The van der Waals surface area contributed by atoms with E-state index >= 15 is 0 Å². The van der Waals surface area contributed by atoms with Crippen molar-refractivity contribution in [3.63, 3.8) is 0 Å². The smallest absolute Gasteiger partial charge is 0.330 e. The molecule has 1 aromatic carbocycles. The zero-order chi connectivity index (χ0) is 14.5. The first-order chi connectivity index (χ1) is 8.88. The molecule has 0 aliphatic heterocycles. The van der Waals surface area contributed by atoms with Crippen LogP contribution in [0.4, 0.5) is 13.2 Å². The van der Waals surface area contributed by atoms with E-state index in [1.54, 1.807) is 0 Å². The van der Waals surface area contributed by atoms with Crippen LogP contribution in [0.2, 0.25) is 0 Å². The quantitative estimate of drug-likeness (QED) is 0.865. The Morgan fingerprint density at radius 2 is 2.05 bits per heavy atom. The highest BCUT2D eigenvalue weighted by atomic mass is 19.4. The Morgan fingerprint density at radius 3 is 2.58 bits per heavy atom. The van der Waals surface area contributed by atoms with E-state index in [4.69, 9.17) is 5.73 Å². The topological polar surface area (TPSA) is 43.1 Å². The fourth-order valence-electron chi connectivity index (χ4n) is 1.96. The van der Waals surface area contributed by atoms with Crippen molar-refractivity contribution >= 4 is 5.78 Å². The van der Waals surface area contributed by atoms with Gasteiger partial charge in [0.05, 0.1) is 5.56 Å². The average Bonchev–Trinajstić information content (AvgIpc) is 2.35. The molecule has 1 atom stereocenters. The number of carbonyl (C=O) groups excluding carboxylic acids is 1. The van der Waals surface area contributed by atoms with E-state index in [9.17, 15) is 18.0 Å². The van der Waals surface area contributed by atoms with Crippen LogP contribution in [0.1, 0.15) is 30.9 Å². The van der Waals surface area contributed by atoms with Gasteiger partial charge in [0.2, 0.25) is 0 Å². The summed E-state index contributed by atoms with van der Waals surface area (Å²) in [5, 5.41) is 0. The third-order valence-corrected chi connectivity index (χ3v) is 3.01. The Bertz CT molecular complexity index is 429. The lowest BCUT2D eigenvalue weighted by Gasteiger charge is -2.13. The summed E-state index contributed by atoms with van der Waals surface area (Å²) in [5.41, 5.74) is 5.17. The summed E-state index contributed by atoms with van der Waals surface area (Å²) in [6, 6.07) is 4.88. The van der Waals surface area contributed by atoms with Crippen LogP contribution in [0.3, 0.4) is 0 Å². The van der Waals surface area contributed by atoms with Crippen molar-refractivity contribution in [1.29, 1.82) is 0 Å². The third-order valence-electron chi connectivity index (χ3n) is 3.01. The van der Waals surface area contributed by atoms with Gasteiger partial charge in [-0.1, -0.05) is 31.5 Å². The summed E-state index contributed by atoms with van der Waals surface area (Å²) in [7, 11) is 0. The first-order valence-corrected chi connectivity index (χ1v) is 6.27. The molecule has 0 heterocycles. The van der Waals surface area contributed by atoms with Gasteiger partial charge in [-0.2, -0.15) is 13.2 Å². The molecule has 2 N–H and O–H groups in total. The minimum Gasteiger partial charge on any atom is -0.330 e. The highest BCUT2D eigenvalue weighted by Gasteiger charge is 2.30. The lowest BCUT2D eigenvalue weighted by atomic mass is 9.93. The normalized spacial score (nSPS) is 13.3. The number of alkyl halides is 3. The van der Waals surface area contributed by atoms with E-state index in [-0.39, 0.29) is 24.7 Å². The monoisotopic (exact) mass is 273 g/mol. The summed E-state index contributed by atoms with van der Waals surface area (Å²) in [6.07, 6.45) is -2.87. The number of hydrogen-bond donors (Lipinski definition) is 1. The van der Waals surface area contributed by atoms with Gasteiger partial charge in [0.25, 0.3) is 0 Å². The van der Waals surface area contributed by atoms with E-state index in [2.05, 4.69) is 0 Å². The summed E-state index contributed by atoms with van der Waals surface area (Å²) >= 11 is 0. The maximum atomic E-state index is 12.5. The Hall–Kier alpha value is -1.36. The van der Waals surface area contributed by atoms with Crippen LogP contribution in [0.25, 0.3) is 0 Å². The Balaban J connectivity index is 2.79. The van der Waals surface area contributed by atoms with Gasteiger partial charge in [-0.05, 0) is 18.1 Å². The highest BCUT2D eigenvalue weighted by Crippen LogP contribution is 2.29. The summed E-state index contributed by atoms with van der Waals surface area (Å²) < 4.78 is 37.6. The lowest BCUT2D eigenvalue weighted by molar-refractivity contribution is -0.137. The third kappa shape index (κ3) is 4.67. The predicted octanol–water partition coefficient (Wildman–Crippen LogP) is 3.19. The van der Waals surface area contributed by atoms with Gasteiger partial charge in [0.15, 0.2) is 0 Å². The van der Waals surface area contributed by atoms with Crippen LogP contribution < -0.4 is 5.73 Å². The van der Waals surface area contributed by atoms with Crippen molar-refractivity contribution < 1.29 is 18.0 Å². The molecule has 0 aliphatic rings. The maximum Gasteiger partial charge on any atom is 0.416 e. The van der Waals surface area contributed by atoms with Crippen molar-refractivity contribution in [2.45, 2.75) is 32.4 Å². The molecule has 2 nitrogen and oxygen atoms in total. The molecular formula is C14H18F3NO. The lowest BCUT2D eigenvalue weighted by Crippen LogP contribution is -2.25. The second-order valence-corrected chi connectivity index (χ2v) is 4.56. The second kappa shape index (κ2) is 6.70. The van der Waals surface area contributed by atoms with Crippen molar-refractivity contribution in [1.82, 2.24) is 0 Å². The van der Waals surface area contributed by atoms with E-state index < -0.39 is 11.7 Å². The van der Waals surface area contributed by atoms with Crippen molar-refractivity contribution in [3.8, 4) is 0 Å². The van der Waals surface area contributed by atoms with Crippen LogP contribution in [0.5, 0.6) is 0 Å². The first-order valence-electron chi connectivity index (χ1n) is 6.27. The van der Waals surface area contributed by atoms with Crippen LogP contribution in [0.15, 0.2) is 24.3 Å². The number of nitrogens with two attached hydrogens (primary N) is 1. The minimum absolute atomic E-state index is 0.00574. The molecule has 1 rings (SSSR count). The fraction of sp³-hybridized carbons (Fsp3) is 0.500. The highest BCUT2D eigenvalue weighted by molar-refractivity contribution is 5.83. The number of halogens is 3. The number of Topliss-reactive ketones (excluding diaryl/α,β-unsaturated/α-hetero) is 1. The van der Waals surface area contributed by atoms with Crippen LogP contribution in [-0.4, -0.2) is 12.3 Å². The van der Waals surface area contributed by atoms with Gasteiger partial charge >= 0.3 is 6.18 Å². The number of ketones is 1.